The second-order valence-electron chi connectivity index (χ2n) is 4.34. The van der Waals surface area contributed by atoms with Crippen LogP contribution in [0.15, 0.2) is 12.1 Å². The lowest BCUT2D eigenvalue weighted by Crippen LogP contribution is -2.24. The van der Waals surface area contributed by atoms with Gasteiger partial charge in [-0.1, -0.05) is 23.2 Å². The normalized spacial score (nSPS) is 11.5. The Labute approximate surface area is 140 Å². The first-order valence-corrected chi connectivity index (χ1v) is 6.85. The monoisotopic (exact) mass is 356 g/mol. The Morgan fingerprint density at radius 3 is 2.38 bits per heavy atom. The van der Waals surface area contributed by atoms with Crippen molar-refractivity contribution in [1.82, 2.24) is 0 Å². The standard InChI is InChI=1S/C13H18Cl2N2O3.ClH/c1-8(16)5-12(18)17-9-6-10(14)13(11(15)7-9)20-4-3-19-2;/h6-8H,3-5,16H2,1-2H3,(H,17,18);1H. The predicted octanol–water partition coefficient (Wildman–Crippen LogP) is 3.12. The number of carbonyl (C=O) groups excluding carboxylic acids is 1. The van der Waals surface area contributed by atoms with Gasteiger partial charge in [0.2, 0.25) is 5.91 Å². The summed E-state index contributed by atoms with van der Waals surface area (Å²) in [7, 11) is 1.57. The van der Waals surface area contributed by atoms with Crippen LogP contribution in [0.4, 0.5) is 5.69 Å². The molecule has 3 N–H and O–H groups in total. The van der Waals surface area contributed by atoms with Gasteiger partial charge in [0.25, 0.3) is 0 Å². The highest BCUT2D eigenvalue weighted by atomic mass is 35.5. The summed E-state index contributed by atoms with van der Waals surface area (Å²) in [5.41, 5.74) is 6.06. The van der Waals surface area contributed by atoms with Gasteiger partial charge in [-0.2, -0.15) is 0 Å². The topological polar surface area (TPSA) is 73.6 Å². The molecular formula is C13H19Cl3N2O3. The number of halogens is 3. The molecule has 21 heavy (non-hydrogen) atoms. The smallest absolute Gasteiger partial charge is 0.225 e. The zero-order chi connectivity index (χ0) is 15.1. The van der Waals surface area contributed by atoms with Crippen LogP contribution in [0.3, 0.4) is 0 Å². The fourth-order valence-electron chi connectivity index (χ4n) is 1.50. The minimum absolute atomic E-state index is 0. The third kappa shape index (κ3) is 7.20. The molecule has 0 aromatic heterocycles. The second-order valence-corrected chi connectivity index (χ2v) is 5.15. The van der Waals surface area contributed by atoms with Crippen molar-refractivity contribution in [2.75, 3.05) is 25.6 Å². The van der Waals surface area contributed by atoms with Gasteiger partial charge >= 0.3 is 0 Å². The maximum Gasteiger partial charge on any atom is 0.225 e. The fourth-order valence-corrected chi connectivity index (χ4v) is 2.10. The number of nitrogens with one attached hydrogen (secondary N) is 1. The Morgan fingerprint density at radius 1 is 1.33 bits per heavy atom. The van der Waals surface area contributed by atoms with E-state index in [1.54, 1.807) is 26.2 Å². The summed E-state index contributed by atoms with van der Waals surface area (Å²) in [6.07, 6.45) is 0.224. The highest BCUT2D eigenvalue weighted by molar-refractivity contribution is 6.37. The molecule has 120 valence electrons. The minimum atomic E-state index is -0.211. The highest BCUT2D eigenvalue weighted by Gasteiger charge is 2.12. The molecule has 1 rings (SSSR count). The lowest BCUT2D eigenvalue weighted by Gasteiger charge is -2.12. The molecule has 1 aromatic carbocycles. The molecule has 0 aliphatic rings. The maximum atomic E-state index is 11.6. The van der Waals surface area contributed by atoms with Crippen molar-refractivity contribution >= 4 is 47.2 Å². The van der Waals surface area contributed by atoms with E-state index < -0.39 is 0 Å². The summed E-state index contributed by atoms with van der Waals surface area (Å²) in [5, 5.41) is 3.33. The molecule has 1 atom stereocenters. The lowest BCUT2D eigenvalue weighted by atomic mass is 10.2. The Hall–Kier alpha value is -0.720. The molecular weight excluding hydrogens is 339 g/mol. The summed E-state index contributed by atoms with van der Waals surface area (Å²) >= 11 is 12.2. The quantitative estimate of drug-likeness (QED) is 0.735. The molecule has 0 radical (unpaired) electrons. The lowest BCUT2D eigenvalue weighted by molar-refractivity contribution is -0.116. The van der Waals surface area contributed by atoms with Gasteiger partial charge in [-0.3, -0.25) is 4.79 Å². The Morgan fingerprint density at radius 2 is 1.90 bits per heavy atom. The van der Waals surface area contributed by atoms with Crippen LogP contribution in [0.25, 0.3) is 0 Å². The SMILES string of the molecule is COCCOc1c(Cl)cc(NC(=O)CC(C)N)cc1Cl.Cl. The summed E-state index contributed by atoms with van der Waals surface area (Å²) in [6.45, 7) is 2.53. The molecule has 0 fully saturated rings. The number of hydrogen-bond acceptors (Lipinski definition) is 4. The average molecular weight is 358 g/mol. The molecule has 0 heterocycles. The number of rotatable bonds is 7. The first-order valence-electron chi connectivity index (χ1n) is 6.10. The Balaban J connectivity index is 0.00000400. The molecule has 0 saturated heterocycles. The summed E-state index contributed by atoms with van der Waals surface area (Å²) < 4.78 is 10.3. The van der Waals surface area contributed by atoms with Crippen LogP contribution in [0.1, 0.15) is 13.3 Å². The maximum absolute atomic E-state index is 11.6. The molecule has 5 nitrogen and oxygen atoms in total. The first-order chi connectivity index (χ1) is 9.43. The van der Waals surface area contributed by atoms with Crippen LogP contribution >= 0.6 is 35.6 Å². The van der Waals surface area contributed by atoms with Crippen molar-refractivity contribution < 1.29 is 14.3 Å². The van der Waals surface area contributed by atoms with Gasteiger partial charge in [0.1, 0.15) is 6.61 Å². The average Bonchev–Trinajstić information content (AvgIpc) is 2.31. The van der Waals surface area contributed by atoms with Crippen LogP contribution in [-0.4, -0.2) is 32.3 Å². The fraction of sp³-hybridized carbons (Fsp3) is 0.462. The summed E-state index contributed by atoms with van der Waals surface area (Å²) in [6, 6.07) is 2.95. The van der Waals surface area contributed by atoms with Gasteiger partial charge in [0.15, 0.2) is 5.75 Å². The van der Waals surface area contributed by atoms with Gasteiger partial charge in [-0.05, 0) is 19.1 Å². The van der Waals surface area contributed by atoms with Gasteiger partial charge in [-0.25, -0.2) is 0 Å². The third-order valence-electron chi connectivity index (χ3n) is 2.32. The number of carbonyl (C=O) groups is 1. The molecule has 0 bridgehead atoms. The Kier molecular flexibility index (Phi) is 9.74. The van der Waals surface area contributed by atoms with Crippen LogP contribution in [0.2, 0.25) is 10.0 Å². The Bertz CT molecular complexity index is 447. The van der Waals surface area contributed by atoms with Crippen molar-refractivity contribution in [3.8, 4) is 5.75 Å². The summed E-state index contributed by atoms with van der Waals surface area (Å²) in [5.74, 6) is 0.177. The number of methoxy groups -OCH3 is 1. The molecule has 0 aliphatic heterocycles. The third-order valence-corrected chi connectivity index (χ3v) is 2.88. The van der Waals surface area contributed by atoms with Crippen LogP contribution in [0, 0.1) is 0 Å². The molecule has 1 unspecified atom stereocenters. The summed E-state index contributed by atoms with van der Waals surface area (Å²) in [4.78, 5) is 11.6. The number of ether oxygens (including phenoxy) is 2. The van der Waals surface area contributed by atoms with Gasteiger partial charge in [0.05, 0.1) is 16.7 Å². The number of hydrogen-bond donors (Lipinski definition) is 2. The molecule has 1 aromatic rings. The van der Waals surface area contributed by atoms with Crippen molar-refractivity contribution in [2.24, 2.45) is 5.73 Å². The van der Waals surface area contributed by atoms with E-state index in [1.807, 2.05) is 0 Å². The van der Waals surface area contributed by atoms with Crippen molar-refractivity contribution in [1.29, 1.82) is 0 Å². The molecule has 0 aliphatic carbocycles. The van der Waals surface area contributed by atoms with E-state index in [9.17, 15) is 4.79 Å². The second kappa shape index (κ2) is 10.1. The minimum Gasteiger partial charge on any atom is -0.488 e. The zero-order valence-corrected chi connectivity index (χ0v) is 14.1. The molecule has 1 amide bonds. The van der Waals surface area contributed by atoms with Crippen molar-refractivity contribution in [3.63, 3.8) is 0 Å². The molecule has 0 saturated carbocycles. The van der Waals surface area contributed by atoms with E-state index in [4.69, 9.17) is 38.4 Å². The van der Waals surface area contributed by atoms with E-state index in [2.05, 4.69) is 5.32 Å². The van der Waals surface area contributed by atoms with E-state index in [0.717, 1.165) is 0 Å². The van der Waals surface area contributed by atoms with Gasteiger partial charge in [0, 0.05) is 25.3 Å². The van der Waals surface area contributed by atoms with E-state index in [0.29, 0.717) is 34.7 Å². The van der Waals surface area contributed by atoms with E-state index in [-0.39, 0.29) is 30.8 Å². The number of amides is 1. The largest absolute Gasteiger partial charge is 0.488 e. The zero-order valence-electron chi connectivity index (χ0n) is 11.8. The number of benzene rings is 1. The first kappa shape index (κ1) is 20.3. The molecule has 0 spiro atoms. The van der Waals surface area contributed by atoms with Crippen LogP contribution in [-0.2, 0) is 9.53 Å². The number of anilines is 1. The molecule has 8 heteroatoms. The van der Waals surface area contributed by atoms with Gasteiger partial charge in [-0.15, -0.1) is 12.4 Å². The van der Waals surface area contributed by atoms with E-state index >= 15 is 0 Å². The highest BCUT2D eigenvalue weighted by Crippen LogP contribution is 2.36. The van der Waals surface area contributed by atoms with E-state index in [1.165, 1.54) is 0 Å². The van der Waals surface area contributed by atoms with Crippen molar-refractivity contribution in [2.45, 2.75) is 19.4 Å². The van der Waals surface area contributed by atoms with Crippen LogP contribution < -0.4 is 15.8 Å². The van der Waals surface area contributed by atoms with Gasteiger partial charge < -0.3 is 20.5 Å². The predicted molar refractivity (Wildman–Crippen MR) is 88.0 cm³/mol. The van der Waals surface area contributed by atoms with Crippen LogP contribution in [0.5, 0.6) is 5.75 Å². The van der Waals surface area contributed by atoms with Crippen molar-refractivity contribution in [3.05, 3.63) is 22.2 Å². The number of nitrogens with two attached hydrogens (primary N) is 1.